The van der Waals surface area contributed by atoms with Crippen LogP contribution >= 0.6 is 11.3 Å². The number of carboxylic acid groups (broad SMARTS) is 1. The molecule has 162 valence electrons. The van der Waals surface area contributed by atoms with Crippen molar-refractivity contribution in [2.75, 3.05) is 4.90 Å². The molecule has 0 bridgehead atoms. The lowest BCUT2D eigenvalue weighted by Gasteiger charge is -2.32. The van der Waals surface area contributed by atoms with Gasteiger partial charge in [0.25, 0.3) is 0 Å². The van der Waals surface area contributed by atoms with E-state index in [0.29, 0.717) is 15.8 Å². The van der Waals surface area contributed by atoms with E-state index in [0.717, 1.165) is 25.7 Å². The lowest BCUT2D eigenvalue weighted by molar-refractivity contribution is -0.124. The number of carbonyl (C=O) groups excluding carboxylic acids is 2. The Morgan fingerprint density at radius 1 is 1.23 bits per heavy atom. The molecule has 2 aromatic heterocycles. The number of ether oxygens (including phenoxy) is 1. The van der Waals surface area contributed by atoms with Gasteiger partial charge in [0.05, 0.1) is 11.1 Å². The molecule has 1 N–H and O–H groups in total. The van der Waals surface area contributed by atoms with Gasteiger partial charge in [0.1, 0.15) is 5.00 Å². The summed E-state index contributed by atoms with van der Waals surface area (Å²) in [5.41, 5.74) is 0. The molecule has 30 heavy (non-hydrogen) atoms. The van der Waals surface area contributed by atoms with Crippen molar-refractivity contribution in [1.82, 2.24) is 9.78 Å². The molecule has 0 spiro atoms. The summed E-state index contributed by atoms with van der Waals surface area (Å²) in [7, 11) is 0. The Labute approximate surface area is 179 Å². The minimum atomic E-state index is -1.48. The quantitative estimate of drug-likeness (QED) is 0.520. The predicted octanol–water partition coefficient (Wildman–Crippen LogP) is 4.76. The fraction of sp³-hybridized carbons (Fsp3) is 0.524. The van der Waals surface area contributed by atoms with E-state index < -0.39 is 6.16 Å². The number of ketones is 1. The van der Waals surface area contributed by atoms with Gasteiger partial charge in [-0.15, -0.1) is 16.4 Å². The number of anilines is 1. The maximum atomic E-state index is 13.4. The van der Waals surface area contributed by atoms with Crippen molar-refractivity contribution in [2.24, 2.45) is 11.8 Å². The van der Waals surface area contributed by atoms with Gasteiger partial charge in [0, 0.05) is 12.0 Å². The number of hydrogen-bond acceptors (Lipinski definition) is 6. The molecule has 0 aliphatic heterocycles. The molecule has 1 aliphatic rings. The second kappa shape index (κ2) is 8.99. The molecule has 0 radical (unpaired) electrons. The standard InChI is InChI=1S/C21H27N3O5S/c1-12(2)24(20(26)15-7-5-13(3)6-8-15)19-16(29-21(27)28)11-23(22-19)18-10-9-17(30-18)14(4)25/h9-13,15H,5-8H2,1-4H3,(H,27,28). The van der Waals surface area contributed by atoms with E-state index in [1.807, 2.05) is 13.8 Å². The second-order valence-corrected chi connectivity index (χ2v) is 9.14. The van der Waals surface area contributed by atoms with Crippen LogP contribution in [0.25, 0.3) is 5.00 Å². The van der Waals surface area contributed by atoms with E-state index in [4.69, 9.17) is 4.74 Å². The van der Waals surface area contributed by atoms with Gasteiger partial charge < -0.3 is 9.84 Å². The Bertz CT molecular complexity index is 940. The van der Waals surface area contributed by atoms with E-state index in [1.165, 1.54) is 34.0 Å². The molecule has 0 aromatic carbocycles. The Hall–Kier alpha value is -2.68. The third kappa shape index (κ3) is 4.72. The number of rotatable bonds is 6. The van der Waals surface area contributed by atoms with Crippen LogP contribution in [0.15, 0.2) is 18.3 Å². The zero-order valence-corrected chi connectivity index (χ0v) is 18.4. The smallest absolute Gasteiger partial charge is 0.449 e. The highest BCUT2D eigenvalue weighted by Gasteiger charge is 2.34. The summed E-state index contributed by atoms with van der Waals surface area (Å²) in [6.07, 6.45) is 3.58. The molecule has 1 fully saturated rings. The molecular formula is C21H27N3O5S. The highest BCUT2D eigenvalue weighted by Crippen LogP contribution is 2.36. The molecule has 1 amide bonds. The fourth-order valence-electron chi connectivity index (χ4n) is 3.74. The second-order valence-electron chi connectivity index (χ2n) is 8.08. The number of amides is 1. The summed E-state index contributed by atoms with van der Waals surface area (Å²) in [5, 5.41) is 14.3. The van der Waals surface area contributed by atoms with Crippen LogP contribution in [0.1, 0.15) is 63.0 Å². The maximum Gasteiger partial charge on any atom is 0.511 e. The van der Waals surface area contributed by atoms with E-state index in [-0.39, 0.29) is 35.2 Å². The lowest BCUT2D eigenvalue weighted by Crippen LogP contribution is -2.42. The van der Waals surface area contributed by atoms with Crippen molar-refractivity contribution in [3.8, 4) is 10.8 Å². The summed E-state index contributed by atoms with van der Waals surface area (Å²) in [5.74, 6) is 0.540. The molecule has 3 rings (SSSR count). The lowest BCUT2D eigenvalue weighted by atomic mass is 9.82. The molecule has 1 aliphatic carbocycles. The molecule has 1 saturated carbocycles. The molecule has 8 nitrogen and oxygen atoms in total. The fourth-order valence-corrected chi connectivity index (χ4v) is 4.57. The molecule has 0 unspecified atom stereocenters. The molecule has 0 saturated heterocycles. The first-order chi connectivity index (χ1) is 14.2. The van der Waals surface area contributed by atoms with Gasteiger partial charge in [-0.25, -0.2) is 9.48 Å². The minimum absolute atomic E-state index is 0.00787. The van der Waals surface area contributed by atoms with E-state index in [9.17, 15) is 19.5 Å². The van der Waals surface area contributed by atoms with Gasteiger partial charge in [-0.2, -0.15) is 0 Å². The number of nitrogens with zero attached hydrogens (tertiary/aromatic N) is 3. The maximum absolute atomic E-state index is 13.4. The van der Waals surface area contributed by atoms with Crippen molar-refractivity contribution in [1.29, 1.82) is 0 Å². The average molecular weight is 434 g/mol. The average Bonchev–Trinajstić information content (AvgIpc) is 3.29. The SMILES string of the molecule is CC(=O)c1ccc(-n2cc(OC(=O)O)c(N(C(=O)C3CCC(C)CC3)C(C)C)n2)s1. The third-order valence-corrected chi connectivity index (χ3v) is 6.55. The third-order valence-electron chi connectivity index (χ3n) is 5.37. The van der Waals surface area contributed by atoms with E-state index >= 15 is 0 Å². The van der Waals surface area contributed by atoms with Crippen molar-refractivity contribution >= 4 is 35.0 Å². The topological polar surface area (TPSA) is 102 Å². The summed E-state index contributed by atoms with van der Waals surface area (Å²) >= 11 is 1.24. The monoisotopic (exact) mass is 433 g/mol. The Morgan fingerprint density at radius 2 is 1.90 bits per heavy atom. The number of hydrogen-bond donors (Lipinski definition) is 1. The van der Waals surface area contributed by atoms with Crippen molar-refractivity contribution < 1.29 is 24.2 Å². The zero-order chi connectivity index (χ0) is 22.0. The largest absolute Gasteiger partial charge is 0.511 e. The van der Waals surface area contributed by atoms with Crippen molar-refractivity contribution in [3.05, 3.63) is 23.2 Å². The number of carbonyl (C=O) groups is 3. The summed E-state index contributed by atoms with van der Waals surface area (Å²) < 4.78 is 6.42. The van der Waals surface area contributed by atoms with Crippen molar-refractivity contribution in [3.63, 3.8) is 0 Å². The van der Waals surface area contributed by atoms with Crippen LogP contribution in [0.5, 0.6) is 5.75 Å². The number of aromatic nitrogens is 2. The normalized spacial score (nSPS) is 19.0. The van der Waals surface area contributed by atoms with Crippen LogP contribution in [0.4, 0.5) is 10.6 Å². The number of thiophene rings is 1. The Morgan fingerprint density at radius 3 is 2.43 bits per heavy atom. The highest BCUT2D eigenvalue weighted by atomic mass is 32.1. The first-order valence-electron chi connectivity index (χ1n) is 10.1. The van der Waals surface area contributed by atoms with Gasteiger partial charge in [-0.3, -0.25) is 14.5 Å². The highest BCUT2D eigenvalue weighted by molar-refractivity contribution is 7.16. The van der Waals surface area contributed by atoms with Crippen molar-refractivity contribution in [2.45, 2.75) is 59.4 Å². The Kier molecular flexibility index (Phi) is 6.60. The van der Waals surface area contributed by atoms with Gasteiger partial charge >= 0.3 is 6.16 Å². The van der Waals surface area contributed by atoms with E-state index in [1.54, 1.807) is 12.1 Å². The number of Topliss-reactive ketones (excluding diaryl/α,β-unsaturated/α-hetero) is 1. The minimum Gasteiger partial charge on any atom is -0.449 e. The van der Waals surface area contributed by atoms with Gasteiger partial charge in [-0.05, 0) is 64.5 Å². The van der Waals surface area contributed by atoms with Gasteiger partial charge in [0.2, 0.25) is 11.7 Å². The van der Waals surface area contributed by atoms with Crippen LogP contribution in [0.3, 0.4) is 0 Å². The van der Waals surface area contributed by atoms with Crippen LogP contribution < -0.4 is 9.64 Å². The molecule has 2 aromatic rings. The predicted molar refractivity (Wildman–Crippen MR) is 114 cm³/mol. The first kappa shape index (κ1) is 22.0. The zero-order valence-electron chi connectivity index (χ0n) is 17.6. The first-order valence-corrected chi connectivity index (χ1v) is 10.9. The van der Waals surface area contributed by atoms with Crippen LogP contribution in [-0.4, -0.2) is 38.8 Å². The molecule has 2 heterocycles. The summed E-state index contributed by atoms with van der Waals surface area (Å²) in [4.78, 5) is 38.3. The van der Waals surface area contributed by atoms with Gasteiger partial charge in [0.15, 0.2) is 11.5 Å². The molecule has 0 atom stereocenters. The Balaban J connectivity index is 1.99. The van der Waals surface area contributed by atoms with Gasteiger partial charge in [-0.1, -0.05) is 6.92 Å². The molecule has 9 heteroatoms. The van der Waals surface area contributed by atoms with Crippen LogP contribution in [-0.2, 0) is 4.79 Å². The van der Waals surface area contributed by atoms with Crippen LogP contribution in [0.2, 0.25) is 0 Å². The molecular weight excluding hydrogens is 406 g/mol. The van der Waals surface area contributed by atoms with Crippen LogP contribution in [0, 0.1) is 11.8 Å². The van der Waals surface area contributed by atoms with E-state index in [2.05, 4.69) is 12.0 Å². The summed E-state index contributed by atoms with van der Waals surface area (Å²) in [6, 6.07) is 3.19. The summed E-state index contributed by atoms with van der Waals surface area (Å²) in [6.45, 7) is 7.41.